The maximum atomic E-state index is 9.01. The number of nitrogens with zero attached hydrogens (tertiary/aromatic N) is 2. The van der Waals surface area contributed by atoms with E-state index in [0.29, 0.717) is 5.82 Å². The molecule has 0 radical (unpaired) electrons. The molecule has 78 valence electrons. The van der Waals surface area contributed by atoms with E-state index in [1.807, 2.05) is 42.3 Å². The third-order valence-electron chi connectivity index (χ3n) is 2.14. The highest BCUT2D eigenvalue weighted by Gasteiger charge is 2.07. The van der Waals surface area contributed by atoms with Crippen LogP contribution in [0.4, 0.5) is 5.82 Å². The number of hydrogen-bond acceptors (Lipinski definition) is 4. The minimum Gasteiger partial charge on any atom is -0.479 e. The van der Waals surface area contributed by atoms with Crippen molar-refractivity contribution in [3.63, 3.8) is 0 Å². The standard InChI is InChI=1S/C11H12N2O2/c1-13(10-7-11(14)15-12-10)8-9-5-3-2-4-6-9/h2-7,14H,8H2,1H3. The fraction of sp³-hybridized carbons (Fsp3) is 0.182. The molecule has 0 saturated heterocycles. The molecule has 0 amide bonds. The second-order valence-corrected chi connectivity index (χ2v) is 3.37. The van der Waals surface area contributed by atoms with Crippen molar-refractivity contribution in [2.24, 2.45) is 0 Å². The molecule has 2 aromatic rings. The van der Waals surface area contributed by atoms with E-state index in [-0.39, 0.29) is 5.95 Å². The zero-order chi connectivity index (χ0) is 10.7. The highest BCUT2D eigenvalue weighted by molar-refractivity contribution is 5.39. The van der Waals surface area contributed by atoms with Gasteiger partial charge in [-0.3, -0.25) is 0 Å². The smallest absolute Gasteiger partial charge is 0.310 e. The van der Waals surface area contributed by atoms with Crippen LogP contribution in [0.3, 0.4) is 0 Å². The first-order valence-corrected chi connectivity index (χ1v) is 4.66. The molecule has 0 aliphatic rings. The summed E-state index contributed by atoms with van der Waals surface area (Å²) >= 11 is 0. The molecule has 0 saturated carbocycles. The van der Waals surface area contributed by atoms with E-state index < -0.39 is 0 Å². The van der Waals surface area contributed by atoms with Gasteiger partial charge in [-0.1, -0.05) is 35.5 Å². The molecule has 0 fully saturated rings. The van der Waals surface area contributed by atoms with Crippen LogP contribution in [0.15, 0.2) is 40.9 Å². The van der Waals surface area contributed by atoms with Gasteiger partial charge in [0.25, 0.3) is 0 Å². The van der Waals surface area contributed by atoms with Crippen LogP contribution in [0.2, 0.25) is 0 Å². The lowest BCUT2D eigenvalue weighted by Crippen LogP contribution is -2.16. The number of aromatic nitrogens is 1. The molecule has 0 atom stereocenters. The maximum Gasteiger partial charge on any atom is 0.310 e. The Labute approximate surface area is 87.7 Å². The van der Waals surface area contributed by atoms with E-state index in [9.17, 15) is 0 Å². The monoisotopic (exact) mass is 204 g/mol. The lowest BCUT2D eigenvalue weighted by atomic mass is 10.2. The number of anilines is 1. The predicted molar refractivity (Wildman–Crippen MR) is 56.7 cm³/mol. The first-order chi connectivity index (χ1) is 7.25. The second kappa shape index (κ2) is 4.04. The highest BCUT2D eigenvalue weighted by atomic mass is 16.5. The van der Waals surface area contributed by atoms with Gasteiger partial charge >= 0.3 is 5.95 Å². The van der Waals surface area contributed by atoms with Crippen LogP contribution in [0.5, 0.6) is 5.95 Å². The summed E-state index contributed by atoms with van der Waals surface area (Å²) in [5.74, 6) is 0.460. The van der Waals surface area contributed by atoms with E-state index in [4.69, 9.17) is 5.11 Å². The van der Waals surface area contributed by atoms with Crippen LogP contribution in [-0.4, -0.2) is 17.3 Å². The molecule has 4 heteroatoms. The van der Waals surface area contributed by atoms with Crippen molar-refractivity contribution in [1.82, 2.24) is 5.16 Å². The first-order valence-electron chi connectivity index (χ1n) is 4.66. The fourth-order valence-corrected chi connectivity index (χ4v) is 1.37. The average molecular weight is 204 g/mol. The van der Waals surface area contributed by atoms with Crippen molar-refractivity contribution in [2.45, 2.75) is 6.54 Å². The topological polar surface area (TPSA) is 49.5 Å². The van der Waals surface area contributed by atoms with Crippen LogP contribution in [0, 0.1) is 0 Å². The van der Waals surface area contributed by atoms with Gasteiger partial charge in [0.15, 0.2) is 5.82 Å². The molecular formula is C11H12N2O2. The van der Waals surface area contributed by atoms with E-state index >= 15 is 0 Å². The molecule has 1 aromatic heterocycles. The summed E-state index contributed by atoms with van der Waals surface area (Å²) in [6.07, 6.45) is 0. The van der Waals surface area contributed by atoms with Crippen molar-refractivity contribution in [2.75, 3.05) is 11.9 Å². The van der Waals surface area contributed by atoms with Crippen LogP contribution in [0.25, 0.3) is 0 Å². The van der Waals surface area contributed by atoms with Gasteiger partial charge in [-0.15, -0.1) is 0 Å². The number of aromatic hydroxyl groups is 1. The lowest BCUT2D eigenvalue weighted by molar-refractivity contribution is 0.278. The van der Waals surface area contributed by atoms with Gasteiger partial charge < -0.3 is 14.5 Å². The molecule has 4 nitrogen and oxygen atoms in total. The Hall–Kier alpha value is -1.97. The molecule has 0 aliphatic carbocycles. The predicted octanol–water partition coefficient (Wildman–Crippen LogP) is 2.02. The Morgan fingerprint density at radius 1 is 1.33 bits per heavy atom. The van der Waals surface area contributed by atoms with Crippen molar-refractivity contribution in [1.29, 1.82) is 0 Å². The van der Waals surface area contributed by atoms with E-state index in [1.54, 1.807) is 0 Å². The quantitative estimate of drug-likeness (QED) is 0.830. The first kappa shape index (κ1) is 9.58. The van der Waals surface area contributed by atoms with Gasteiger partial charge in [0.2, 0.25) is 0 Å². The molecule has 0 aliphatic heterocycles. The normalized spacial score (nSPS) is 10.2. The molecule has 0 spiro atoms. The van der Waals surface area contributed by atoms with Gasteiger partial charge in [0.1, 0.15) is 0 Å². The third-order valence-corrected chi connectivity index (χ3v) is 2.14. The summed E-state index contributed by atoms with van der Waals surface area (Å²) in [6, 6.07) is 11.5. The summed E-state index contributed by atoms with van der Waals surface area (Å²) < 4.78 is 4.59. The number of benzene rings is 1. The van der Waals surface area contributed by atoms with E-state index in [2.05, 4.69) is 9.68 Å². The van der Waals surface area contributed by atoms with Crippen molar-refractivity contribution < 1.29 is 9.63 Å². The van der Waals surface area contributed by atoms with Gasteiger partial charge in [0, 0.05) is 13.6 Å². The number of rotatable bonds is 3. The minimum atomic E-state index is -0.162. The zero-order valence-corrected chi connectivity index (χ0v) is 8.42. The second-order valence-electron chi connectivity index (χ2n) is 3.37. The van der Waals surface area contributed by atoms with Gasteiger partial charge in [0.05, 0.1) is 6.07 Å². The van der Waals surface area contributed by atoms with Gasteiger partial charge in [-0.25, -0.2) is 0 Å². The Bertz CT molecular complexity index is 425. The molecule has 1 N–H and O–H groups in total. The molecule has 0 unspecified atom stereocenters. The SMILES string of the molecule is CN(Cc1ccccc1)c1cc(O)on1. The van der Waals surface area contributed by atoms with Crippen molar-refractivity contribution in [3.8, 4) is 5.95 Å². The van der Waals surface area contributed by atoms with Crippen molar-refractivity contribution in [3.05, 3.63) is 42.0 Å². The Balaban J connectivity index is 2.07. The summed E-state index contributed by atoms with van der Waals surface area (Å²) in [5, 5.41) is 12.7. The summed E-state index contributed by atoms with van der Waals surface area (Å²) in [4.78, 5) is 1.90. The maximum absolute atomic E-state index is 9.01. The van der Waals surface area contributed by atoms with E-state index in [1.165, 1.54) is 11.6 Å². The number of hydrogen-bond donors (Lipinski definition) is 1. The lowest BCUT2D eigenvalue weighted by Gasteiger charge is -2.14. The van der Waals surface area contributed by atoms with E-state index in [0.717, 1.165) is 6.54 Å². The summed E-state index contributed by atoms with van der Waals surface area (Å²) in [7, 11) is 1.89. The fourth-order valence-electron chi connectivity index (χ4n) is 1.37. The zero-order valence-electron chi connectivity index (χ0n) is 8.42. The molecule has 1 aromatic carbocycles. The Morgan fingerprint density at radius 3 is 2.67 bits per heavy atom. The molecule has 1 heterocycles. The van der Waals surface area contributed by atoms with Gasteiger partial charge in [-0.05, 0) is 5.56 Å². The molecule has 15 heavy (non-hydrogen) atoms. The van der Waals surface area contributed by atoms with Crippen LogP contribution < -0.4 is 4.90 Å². The van der Waals surface area contributed by atoms with Crippen molar-refractivity contribution >= 4 is 5.82 Å². The van der Waals surface area contributed by atoms with Crippen LogP contribution in [0.1, 0.15) is 5.56 Å². The third kappa shape index (κ3) is 2.28. The minimum absolute atomic E-state index is 0.162. The summed E-state index contributed by atoms with van der Waals surface area (Å²) in [6.45, 7) is 0.729. The largest absolute Gasteiger partial charge is 0.479 e. The van der Waals surface area contributed by atoms with Crippen LogP contribution in [-0.2, 0) is 6.54 Å². The van der Waals surface area contributed by atoms with Gasteiger partial charge in [-0.2, -0.15) is 0 Å². The average Bonchev–Trinajstić information content (AvgIpc) is 2.66. The molecule has 0 bridgehead atoms. The summed E-state index contributed by atoms with van der Waals surface area (Å²) in [5.41, 5.74) is 1.18. The Morgan fingerprint density at radius 2 is 2.07 bits per heavy atom. The molecule has 2 rings (SSSR count). The van der Waals surface area contributed by atoms with Crippen LogP contribution >= 0.6 is 0 Å². The highest BCUT2D eigenvalue weighted by Crippen LogP contribution is 2.18. The Kier molecular flexibility index (Phi) is 2.58. The molecular weight excluding hydrogens is 192 g/mol.